The van der Waals surface area contributed by atoms with E-state index in [1.807, 2.05) is 0 Å². The molecule has 2 aliphatic rings. The molecular weight excluding hydrogens is 231 g/mol. The number of hydrogen-bond acceptors (Lipinski definition) is 2. The summed E-state index contributed by atoms with van der Waals surface area (Å²) in [6.07, 6.45) is 2.38. The molecule has 96 valence electrons. The lowest BCUT2D eigenvalue weighted by Crippen LogP contribution is -2.69. The minimum absolute atomic E-state index is 0.0418. The van der Waals surface area contributed by atoms with E-state index in [2.05, 4.69) is 0 Å². The third kappa shape index (κ3) is 1.81. The van der Waals surface area contributed by atoms with Gasteiger partial charge in [0.15, 0.2) is 0 Å². The Hall–Kier alpha value is -1.42. The van der Waals surface area contributed by atoms with E-state index in [1.54, 1.807) is 17.9 Å². The summed E-state index contributed by atoms with van der Waals surface area (Å²) >= 11 is 0. The fraction of sp³-hybridized carbons (Fsp3) is 0.500. The number of halogens is 1. The molecular formula is C14H17FN2O. The summed E-state index contributed by atoms with van der Waals surface area (Å²) in [4.78, 5) is 13.9. The SMILES string of the molecule is Cc1cc(C(=O)N2CC(N)(C3CC3)C2)ccc1F. The number of carbonyl (C=O) groups excluding carboxylic acids is 1. The highest BCUT2D eigenvalue weighted by molar-refractivity contribution is 5.95. The van der Waals surface area contributed by atoms with E-state index < -0.39 is 0 Å². The Labute approximate surface area is 106 Å². The lowest BCUT2D eigenvalue weighted by Gasteiger charge is -2.48. The van der Waals surface area contributed by atoms with Gasteiger partial charge in [-0.15, -0.1) is 0 Å². The van der Waals surface area contributed by atoms with E-state index in [0.29, 0.717) is 30.1 Å². The molecule has 0 atom stereocenters. The van der Waals surface area contributed by atoms with Crippen LogP contribution in [0.15, 0.2) is 18.2 Å². The molecule has 4 heteroatoms. The normalized spacial score (nSPS) is 21.6. The first kappa shape index (κ1) is 11.7. The van der Waals surface area contributed by atoms with Crippen molar-refractivity contribution in [2.45, 2.75) is 25.3 Å². The Bertz CT molecular complexity index is 505. The van der Waals surface area contributed by atoms with Crippen molar-refractivity contribution >= 4 is 5.91 Å². The molecule has 2 fully saturated rings. The lowest BCUT2D eigenvalue weighted by atomic mass is 9.85. The van der Waals surface area contributed by atoms with Crippen LogP contribution in [0.4, 0.5) is 4.39 Å². The topological polar surface area (TPSA) is 46.3 Å². The van der Waals surface area contributed by atoms with E-state index in [9.17, 15) is 9.18 Å². The van der Waals surface area contributed by atoms with Crippen molar-refractivity contribution < 1.29 is 9.18 Å². The van der Waals surface area contributed by atoms with Crippen LogP contribution in [0.5, 0.6) is 0 Å². The van der Waals surface area contributed by atoms with E-state index in [0.717, 1.165) is 0 Å². The van der Waals surface area contributed by atoms with Gasteiger partial charge in [-0.3, -0.25) is 4.79 Å². The van der Waals surface area contributed by atoms with E-state index >= 15 is 0 Å². The number of nitrogens with zero attached hydrogens (tertiary/aromatic N) is 1. The number of benzene rings is 1. The van der Waals surface area contributed by atoms with Crippen molar-refractivity contribution in [2.24, 2.45) is 11.7 Å². The molecule has 1 aliphatic carbocycles. The fourth-order valence-corrected chi connectivity index (χ4v) is 2.68. The zero-order valence-corrected chi connectivity index (χ0v) is 10.4. The van der Waals surface area contributed by atoms with Crippen LogP contribution < -0.4 is 5.73 Å². The van der Waals surface area contributed by atoms with E-state index in [1.165, 1.54) is 25.0 Å². The Morgan fingerprint density at radius 3 is 2.67 bits per heavy atom. The molecule has 1 saturated heterocycles. The van der Waals surface area contributed by atoms with Gasteiger partial charge in [0.25, 0.3) is 5.91 Å². The van der Waals surface area contributed by atoms with Gasteiger partial charge in [0, 0.05) is 18.7 Å². The van der Waals surface area contributed by atoms with Crippen LogP contribution in [0, 0.1) is 18.7 Å². The number of nitrogens with two attached hydrogens (primary N) is 1. The molecule has 0 aromatic heterocycles. The molecule has 1 aromatic carbocycles. The summed E-state index contributed by atoms with van der Waals surface area (Å²) in [6, 6.07) is 4.49. The zero-order valence-electron chi connectivity index (χ0n) is 10.4. The number of likely N-dealkylation sites (tertiary alicyclic amines) is 1. The summed E-state index contributed by atoms with van der Waals surface area (Å²) in [5.74, 6) is 0.276. The summed E-state index contributed by atoms with van der Waals surface area (Å²) < 4.78 is 13.2. The second-order valence-corrected chi connectivity index (χ2v) is 5.63. The molecule has 3 rings (SSSR count). The number of rotatable bonds is 2. The van der Waals surface area contributed by atoms with Gasteiger partial charge < -0.3 is 10.6 Å². The molecule has 0 bridgehead atoms. The molecule has 1 heterocycles. The summed E-state index contributed by atoms with van der Waals surface area (Å²) in [6.45, 7) is 2.93. The molecule has 1 aliphatic heterocycles. The summed E-state index contributed by atoms with van der Waals surface area (Å²) in [5.41, 5.74) is 7.10. The number of aryl methyl sites for hydroxylation is 1. The largest absolute Gasteiger partial charge is 0.335 e. The molecule has 3 nitrogen and oxygen atoms in total. The first-order chi connectivity index (χ1) is 8.49. The van der Waals surface area contributed by atoms with Crippen LogP contribution in [0.1, 0.15) is 28.8 Å². The second kappa shape index (κ2) is 3.79. The molecule has 0 spiro atoms. The Kier molecular flexibility index (Phi) is 2.45. The first-order valence-corrected chi connectivity index (χ1v) is 6.34. The molecule has 2 N–H and O–H groups in total. The average molecular weight is 248 g/mol. The maximum atomic E-state index is 13.2. The Morgan fingerprint density at radius 1 is 1.44 bits per heavy atom. The van der Waals surface area contributed by atoms with Gasteiger partial charge >= 0.3 is 0 Å². The van der Waals surface area contributed by atoms with Gasteiger partial charge in [-0.25, -0.2) is 4.39 Å². The van der Waals surface area contributed by atoms with Gasteiger partial charge in [-0.05, 0) is 49.4 Å². The third-order valence-corrected chi connectivity index (χ3v) is 4.05. The summed E-state index contributed by atoms with van der Waals surface area (Å²) in [7, 11) is 0. The third-order valence-electron chi connectivity index (χ3n) is 4.05. The molecule has 18 heavy (non-hydrogen) atoms. The van der Waals surface area contributed by atoms with Crippen molar-refractivity contribution in [3.63, 3.8) is 0 Å². The van der Waals surface area contributed by atoms with Crippen LogP contribution in [-0.4, -0.2) is 29.4 Å². The quantitative estimate of drug-likeness (QED) is 0.866. The fourth-order valence-electron chi connectivity index (χ4n) is 2.68. The number of amides is 1. The minimum atomic E-state index is -0.277. The zero-order chi connectivity index (χ0) is 12.9. The van der Waals surface area contributed by atoms with Crippen LogP contribution in [0.25, 0.3) is 0 Å². The van der Waals surface area contributed by atoms with Crippen molar-refractivity contribution in [1.82, 2.24) is 4.90 Å². The number of hydrogen-bond donors (Lipinski definition) is 1. The monoisotopic (exact) mass is 248 g/mol. The summed E-state index contributed by atoms with van der Waals surface area (Å²) in [5, 5.41) is 0. The Balaban J connectivity index is 1.70. The molecule has 0 unspecified atom stereocenters. The predicted octanol–water partition coefficient (Wildman–Crippen LogP) is 1.70. The van der Waals surface area contributed by atoms with Crippen molar-refractivity contribution in [2.75, 3.05) is 13.1 Å². The maximum absolute atomic E-state index is 13.2. The molecule has 1 aromatic rings. The maximum Gasteiger partial charge on any atom is 0.253 e. The van der Waals surface area contributed by atoms with Crippen molar-refractivity contribution in [1.29, 1.82) is 0 Å². The molecule has 1 amide bonds. The highest BCUT2D eigenvalue weighted by Crippen LogP contribution is 2.43. The van der Waals surface area contributed by atoms with E-state index in [4.69, 9.17) is 5.73 Å². The van der Waals surface area contributed by atoms with Gasteiger partial charge in [0.1, 0.15) is 5.82 Å². The van der Waals surface area contributed by atoms with Crippen molar-refractivity contribution in [3.05, 3.63) is 35.1 Å². The van der Waals surface area contributed by atoms with Gasteiger partial charge in [-0.1, -0.05) is 0 Å². The van der Waals surface area contributed by atoms with Gasteiger partial charge in [0.2, 0.25) is 0 Å². The lowest BCUT2D eigenvalue weighted by molar-refractivity contribution is 0.0350. The van der Waals surface area contributed by atoms with Crippen LogP contribution in [-0.2, 0) is 0 Å². The standard InChI is InChI=1S/C14H17FN2O/c1-9-6-10(2-5-12(9)15)13(18)17-7-14(16,8-17)11-3-4-11/h2,5-6,11H,3-4,7-8,16H2,1H3. The van der Waals surface area contributed by atoms with Gasteiger partial charge in [-0.2, -0.15) is 0 Å². The highest BCUT2D eigenvalue weighted by atomic mass is 19.1. The van der Waals surface area contributed by atoms with Crippen LogP contribution >= 0.6 is 0 Å². The van der Waals surface area contributed by atoms with Crippen LogP contribution in [0.3, 0.4) is 0 Å². The Morgan fingerprint density at radius 2 is 2.11 bits per heavy atom. The van der Waals surface area contributed by atoms with Crippen LogP contribution in [0.2, 0.25) is 0 Å². The molecule has 0 radical (unpaired) electrons. The average Bonchev–Trinajstić information content (AvgIpc) is 3.12. The molecule has 1 saturated carbocycles. The van der Waals surface area contributed by atoms with E-state index in [-0.39, 0.29) is 17.3 Å². The minimum Gasteiger partial charge on any atom is -0.335 e. The van der Waals surface area contributed by atoms with Crippen molar-refractivity contribution in [3.8, 4) is 0 Å². The predicted molar refractivity (Wildman–Crippen MR) is 66.7 cm³/mol. The smallest absolute Gasteiger partial charge is 0.253 e. The number of carbonyl (C=O) groups is 1. The first-order valence-electron chi connectivity index (χ1n) is 6.34. The second-order valence-electron chi connectivity index (χ2n) is 5.63. The van der Waals surface area contributed by atoms with Gasteiger partial charge in [0.05, 0.1) is 5.54 Å². The highest BCUT2D eigenvalue weighted by Gasteiger charge is 2.51.